The maximum Gasteiger partial charge on any atom is 0.221 e. The first kappa shape index (κ1) is 9.71. The number of primary amides is 1. The lowest BCUT2D eigenvalue weighted by Crippen LogP contribution is -2.14. The summed E-state index contributed by atoms with van der Waals surface area (Å²) in [6.45, 7) is 2.00. The lowest BCUT2D eigenvalue weighted by atomic mass is 9.97. The van der Waals surface area contributed by atoms with Crippen molar-refractivity contribution in [2.24, 2.45) is 5.73 Å². The van der Waals surface area contributed by atoms with Gasteiger partial charge in [0.15, 0.2) is 0 Å². The largest absolute Gasteiger partial charge is 0.369 e. The van der Waals surface area contributed by atoms with E-state index < -0.39 is 0 Å². The molecule has 0 saturated carbocycles. The van der Waals surface area contributed by atoms with Crippen molar-refractivity contribution in [3.8, 4) is 0 Å². The van der Waals surface area contributed by atoms with Crippen LogP contribution in [0.15, 0.2) is 36.4 Å². The van der Waals surface area contributed by atoms with Gasteiger partial charge in [0.05, 0.1) is 6.42 Å². The maximum absolute atomic E-state index is 11.0. The Kier molecular flexibility index (Phi) is 2.42. The number of carbonyl (C=O) groups excluding carboxylic acids is 1. The van der Waals surface area contributed by atoms with Crippen LogP contribution in [0.1, 0.15) is 11.1 Å². The first-order chi connectivity index (χ1) is 7.18. The van der Waals surface area contributed by atoms with E-state index in [4.69, 9.17) is 5.73 Å². The van der Waals surface area contributed by atoms with Crippen LogP contribution in [0.5, 0.6) is 0 Å². The smallest absolute Gasteiger partial charge is 0.221 e. The van der Waals surface area contributed by atoms with Gasteiger partial charge in [-0.1, -0.05) is 36.4 Å². The number of fused-ring (bicyclic) bond motifs is 1. The van der Waals surface area contributed by atoms with Gasteiger partial charge in [0.1, 0.15) is 0 Å². The number of hydrogen-bond acceptors (Lipinski definition) is 1. The molecule has 0 aromatic heterocycles. The van der Waals surface area contributed by atoms with Gasteiger partial charge in [-0.3, -0.25) is 4.79 Å². The summed E-state index contributed by atoms with van der Waals surface area (Å²) in [5, 5.41) is 2.27. The van der Waals surface area contributed by atoms with E-state index in [1.165, 1.54) is 0 Å². The molecule has 0 unspecified atom stereocenters. The number of benzene rings is 2. The molecule has 2 rings (SSSR count). The molecule has 0 heterocycles. The van der Waals surface area contributed by atoms with Gasteiger partial charge in [0.25, 0.3) is 0 Å². The Hall–Kier alpha value is -1.83. The highest BCUT2D eigenvalue weighted by Gasteiger charge is 2.06. The van der Waals surface area contributed by atoms with Crippen LogP contribution < -0.4 is 5.73 Å². The molecule has 0 aliphatic rings. The fourth-order valence-corrected chi connectivity index (χ4v) is 1.85. The predicted octanol–water partition coefficient (Wildman–Crippen LogP) is 2.18. The summed E-state index contributed by atoms with van der Waals surface area (Å²) in [6.07, 6.45) is 0.313. The zero-order valence-electron chi connectivity index (χ0n) is 8.66. The SMILES string of the molecule is Cc1ccc2ccccc2c1CC(N)=O. The molecular formula is C13H13NO. The third-order valence-electron chi connectivity index (χ3n) is 2.63. The topological polar surface area (TPSA) is 43.1 Å². The number of carbonyl (C=O) groups is 1. The molecular weight excluding hydrogens is 186 g/mol. The monoisotopic (exact) mass is 199 g/mol. The number of nitrogens with two attached hydrogens (primary N) is 1. The number of amides is 1. The molecule has 2 heteroatoms. The van der Waals surface area contributed by atoms with E-state index in [-0.39, 0.29) is 5.91 Å². The number of rotatable bonds is 2. The van der Waals surface area contributed by atoms with Crippen molar-refractivity contribution in [2.45, 2.75) is 13.3 Å². The lowest BCUT2D eigenvalue weighted by Gasteiger charge is -2.08. The Morgan fingerprint density at radius 1 is 1.20 bits per heavy atom. The summed E-state index contributed by atoms with van der Waals surface area (Å²) in [4.78, 5) is 11.0. The molecule has 2 aromatic carbocycles. The summed E-state index contributed by atoms with van der Waals surface area (Å²) in [5.41, 5.74) is 7.41. The van der Waals surface area contributed by atoms with Crippen LogP contribution in [0.25, 0.3) is 10.8 Å². The Morgan fingerprint density at radius 2 is 1.93 bits per heavy atom. The third-order valence-corrected chi connectivity index (χ3v) is 2.63. The van der Waals surface area contributed by atoms with Crippen LogP contribution in [0, 0.1) is 6.92 Å². The van der Waals surface area contributed by atoms with E-state index in [1.54, 1.807) is 0 Å². The average Bonchev–Trinajstić information content (AvgIpc) is 2.22. The summed E-state index contributed by atoms with van der Waals surface area (Å²) in [7, 11) is 0. The van der Waals surface area contributed by atoms with Crippen molar-refractivity contribution in [1.82, 2.24) is 0 Å². The molecule has 0 fully saturated rings. The fourth-order valence-electron chi connectivity index (χ4n) is 1.85. The molecule has 0 saturated heterocycles. The molecule has 15 heavy (non-hydrogen) atoms. The van der Waals surface area contributed by atoms with Gasteiger partial charge in [-0.05, 0) is 28.8 Å². The predicted molar refractivity (Wildman–Crippen MR) is 61.6 cm³/mol. The van der Waals surface area contributed by atoms with Gasteiger partial charge in [-0.2, -0.15) is 0 Å². The van der Waals surface area contributed by atoms with Crippen LogP contribution >= 0.6 is 0 Å². The highest BCUT2D eigenvalue weighted by molar-refractivity contribution is 5.90. The highest BCUT2D eigenvalue weighted by Crippen LogP contribution is 2.22. The van der Waals surface area contributed by atoms with Gasteiger partial charge in [0, 0.05) is 0 Å². The van der Waals surface area contributed by atoms with Gasteiger partial charge in [0.2, 0.25) is 5.91 Å². The molecule has 0 atom stereocenters. The van der Waals surface area contributed by atoms with E-state index in [2.05, 4.69) is 6.07 Å². The minimum atomic E-state index is -0.283. The second-order valence-corrected chi connectivity index (χ2v) is 3.73. The summed E-state index contributed by atoms with van der Waals surface area (Å²) >= 11 is 0. The van der Waals surface area contributed by atoms with Crippen LogP contribution in [0.3, 0.4) is 0 Å². The van der Waals surface area contributed by atoms with Crippen molar-refractivity contribution in [1.29, 1.82) is 0 Å². The lowest BCUT2D eigenvalue weighted by molar-refractivity contribution is -0.117. The molecule has 0 radical (unpaired) electrons. The quantitative estimate of drug-likeness (QED) is 0.791. The molecule has 2 nitrogen and oxygen atoms in total. The van der Waals surface area contributed by atoms with E-state index in [9.17, 15) is 4.79 Å². The molecule has 0 bridgehead atoms. The van der Waals surface area contributed by atoms with Gasteiger partial charge in [-0.15, -0.1) is 0 Å². The zero-order chi connectivity index (χ0) is 10.8. The zero-order valence-corrected chi connectivity index (χ0v) is 8.66. The van der Waals surface area contributed by atoms with E-state index in [0.717, 1.165) is 21.9 Å². The van der Waals surface area contributed by atoms with Crippen LogP contribution in [0.2, 0.25) is 0 Å². The van der Waals surface area contributed by atoms with Crippen molar-refractivity contribution in [2.75, 3.05) is 0 Å². The molecule has 0 spiro atoms. The fraction of sp³-hybridized carbons (Fsp3) is 0.154. The molecule has 1 amide bonds. The molecule has 0 aliphatic heterocycles. The summed E-state index contributed by atoms with van der Waals surface area (Å²) in [5.74, 6) is -0.283. The second-order valence-electron chi connectivity index (χ2n) is 3.73. The Labute approximate surface area is 88.7 Å². The van der Waals surface area contributed by atoms with Crippen molar-refractivity contribution in [3.05, 3.63) is 47.5 Å². The first-order valence-electron chi connectivity index (χ1n) is 4.94. The minimum absolute atomic E-state index is 0.283. The van der Waals surface area contributed by atoms with Crippen LogP contribution in [0.4, 0.5) is 0 Å². The van der Waals surface area contributed by atoms with E-state index in [0.29, 0.717) is 6.42 Å². The summed E-state index contributed by atoms with van der Waals surface area (Å²) < 4.78 is 0. The first-order valence-corrected chi connectivity index (χ1v) is 4.94. The number of hydrogen-bond donors (Lipinski definition) is 1. The second kappa shape index (κ2) is 3.73. The Balaban J connectivity index is 2.68. The average molecular weight is 199 g/mol. The van der Waals surface area contributed by atoms with Crippen LogP contribution in [-0.4, -0.2) is 5.91 Å². The number of aryl methyl sites for hydroxylation is 1. The molecule has 2 N–H and O–H groups in total. The van der Waals surface area contributed by atoms with Crippen molar-refractivity contribution >= 4 is 16.7 Å². The van der Waals surface area contributed by atoms with Crippen molar-refractivity contribution in [3.63, 3.8) is 0 Å². The van der Waals surface area contributed by atoms with Gasteiger partial charge < -0.3 is 5.73 Å². The maximum atomic E-state index is 11.0. The normalized spacial score (nSPS) is 10.5. The van der Waals surface area contributed by atoms with E-state index >= 15 is 0 Å². The summed E-state index contributed by atoms with van der Waals surface area (Å²) in [6, 6.07) is 12.1. The molecule has 2 aromatic rings. The Morgan fingerprint density at radius 3 is 2.67 bits per heavy atom. The van der Waals surface area contributed by atoms with E-state index in [1.807, 2.05) is 37.3 Å². The van der Waals surface area contributed by atoms with Gasteiger partial charge in [-0.25, -0.2) is 0 Å². The third kappa shape index (κ3) is 1.84. The Bertz CT molecular complexity index is 517. The molecule has 0 aliphatic carbocycles. The van der Waals surface area contributed by atoms with Crippen LogP contribution in [-0.2, 0) is 11.2 Å². The standard InChI is InChI=1S/C13H13NO/c1-9-6-7-10-4-2-3-5-11(10)12(9)8-13(14)15/h2-7H,8H2,1H3,(H2,14,15). The van der Waals surface area contributed by atoms with Gasteiger partial charge >= 0.3 is 0 Å². The highest BCUT2D eigenvalue weighted by atomic mass is 16.1. The minimum Gasteiger partial charge on any atom is -0.369 e. The van der Waals surface area contributed by atoms with Crippen molar-refractivity contribution < 1.29 is 4.79 Å². The molecule has 76 valence electrons.